The van der Waals surface area contributed by atoms with Gasteiger partial charge in [-0.05, 0) is 49.9 Å². The smallest absolute Gasteiger partial charge is 0.109 e. The highest BCUT2D eigenvalue weighted by atomic mass is 32.1. The molecule has 0 amide bonds. The molecule has 0 spiro atoms. The van der Waals surface area contributed by atoms with Gasteiger partial charge in [-0.15, -0.1) is 11.3 Å². The molecular weight excluding hydrogens is 252 g/mol. The monoisotopic (exact) mass is 278 g/mol. The number of hydrogen-bond donors (Lipinski definition) is 1. The Morgan fingerprint density at radius 1 is 1.42 bits per heavy atom. The molecule has 3 heteroatoms. The lowest BCUT2D eigenvalue weighted by Crippen LogP contribution is -2.50. The van der Waals surface area contributed by atoms with Crippen LogP contribution in [0.3, 0.4) is 0 Å². The van der Waals surface area contributed by atoms with Gasteiger partial charge >= 0.3 is 0 Å². The Bertz CT molecular complexity index is 474. The van der Waals surface area contributed by atoms with Crippen molar-refractivity contribution >= 4 is 11.3 Å². The van der Waals surface area contributed by atoms with Crippen LogP contribution in [-0.2, 0) is 0 Å². The van der Waals surface area contributed by atoms with Crippen molar-refractivity contribution in [1.82, 2.24) is 10.3 Å². The van der Waals surface area contributed by atoms with E-state index in [2.05, 4.69) is 44.9 Å². The fourth-order valence-corrected chi connectivity index (χ4v) is 5.40. The zero-order chi connectivity index (χ0) is 13.8. The highest BCUT2D eigenvalue weighted by molar-refractivity contribution is 7.11. The van der Waals surface area contributed by atoms with Crippen molar-refractivity contribution in [3.8, 4) is 0 Å². The summed E-state index contributed by atoms with van der Waals surface area (Å²) in [5.41, 5.74) is 0.919. The topological polar surface area (TPSA) is 24.9 Å². The Kier molecular flexibility index (Phi) is 3.06. The number of hydrogen-bond acceptors (Lipinski definition) is 3. The molecule has 0 saturated heterocycles. The van der Waals surface area contributed by atoms with Crippen molar-refractivity contribution in [2.24, 2.45) is 16.7 Å². The molecule has 1 N–H and O–H groups in total. The predicted octanol–water partition coefficient (Wildman–Crippen LogP) is 4.32. The molecule has 2 aliphatic rings. The minimum Gasteiger partial charge on any atom is -0.304 e. The van der Waals surface area contributed by atoms with Crippen LogP contribution in [0.25, 0.3) is 0 Å². The summed E-state index contributed by atoms with van der Waals surface area (Å²) in [6, 6.07) is 0.997. The minimum atomic E-state index is 0.374. The first kappa shape index (κ1) is 13.6. The van der Waals surface area contributed by atoms with Crippen LogP contribution in [0, 0.1) is 23.7 Å². The average molecular weight is 278 g/mol. The zero-order valence-corrected chi connectivity index (χ0v) is 13.6. The van der Waals surface area contributed by atoms with Gasteiger partial charge in [0.15, 0.2) is 0 Å². The van der Waals surface area contributed by atoms with Gasteiger partial charge in [0.25, 0.3) is 0 Å². The molecule has 4 atom stereocenters. The standard InChI is InChI=1S/C16H26N2S/c1-10-9-17-13(19-10)11(2)18-14-15(3,4)12-6-7-16(14,5)8-12/h9,11-12,14,18H,6-8H2,1-5H3. The van der Waals surface area contributed by atoms with E-state index >= 15 is 0 Å². The van der Waals surface area contributed by atoms with Crippen molar-refractivity contribution in [3.05, 3.63) is 16.1 Å². The number of aromatic nitrogens is 1. The molecule has 3 rings (SSSR count). The van der Waals surface area contributed by atoms with E-state index in [0.29, 0.717) is 22.9 Å². The highest BCUT2D eigenvalue weighted by Gasteiger charge is 2.59. The second-order valence-corrected chi connectivity index (χ2v) is 8.81. The molecular formula is C16H26N2S. The van der Waals surface area contributed by atoms with Gasteiger partial charge in [0.05, 0.1) is 6.04 Å². The van der Waals surface area contributed by atoms with Gasteiger partial charge in [-0.2, -0.15) is 0 Å². The van der Waals surface area contributed by atoms with Gasteiger partial charge in [-0.3, -0.25) is 0 Å². The van der Waals surface area contributed by atoms with Crippen LogP contribution in [0.2, 0.25) is 0 Å². The van der Waals surface area contributed by atoms with E-state index < -0.39 is 0 Å². The van der Waals surface area contributed by atoms with Crippen LogP contribution in [0.15, 0.2) is 6.20 Å². The summed E-state index contributed by atoms with van der Waals surface area (Å²) in [7, 11) is 0. The Hall–Kier alpha value is -0.410. The summed E-state index contributed by atoms with van der Waals surface area (Å²) >= 11 is 1.82. The van der Waals surface area contributed by atoms with Crippen molar-refractivity contribution in [2.75, 3.05) is 0 Å². The molecule has 2 nitrogen and oxygen atoms in total. The number of aryl methyl sites for hydroxylation is 1. The molecule has 4 unspecified atom stereocenters. The highest BCUT2D eigenvalue weighted by Crippen LogP contribution is 2.62. The van der Waals surface area contributed by atoms with E-state index in [-0.39, 0.29) is 0 Å². The van der Waals surface area contributed by atoms with E-state index in [1.807, 2.05) is 17.5 Å². The van der Waals surface area contributed by atoms with Gasteiger partial charge < -0.3 is 5.32 Å². The summed E-state index contributed by atoms with van der Waals surface area (Å²) in [6.45, 7) is 11.8. The molecule has 106 valence electrons. The van der Waals surface area contributed by atoms with Gasteiger partial charge in [0.2, 0.25) is 0 Å². The molecule has 0 aliphatic heterocycles. The van der Waals surface area contributed by atoms with Crippen LogP contribution in [0.1, 0.15) is 62.9 Å². The maximum Gasteiger partial charge on any atom is 0.109 e. The lowest BCUT2D eigenvalue weighted by molar-refractivity contribution is 0.100. The third-order valence-electron chi connectivity index (χ3n) is 5.70. The molecule has 2 fully saturated rings. The van der Waals surface area contributed by atoms with E-state index in [9.17, 15) is 0 Å². The molecule has 1 heterocycles. The molecule has 1 aromatic heterocycles. The molecule has 1 aromatic rings. The van der Waals surface area contributed by atoms with Gasteiger partial charge in [-0.25, -0.2) is 4.98 Å². The normalized spacial score (nSPS) is 37.7. The summed E-state index contributed by atoms with van der Waals surface area (Å²) in [6.07, 6.45) is 6.21. The maximum atomic E-state index is 4.55. The number of rotatable bonds is 3. The lowest BCUT2D eigenvalue weighted by atomic mass is 9.68. The quantitative estimate of drug-likeness (QED) is 0.891. The van der Waals surface area contributed by atoms with Crippen LogP contribution in [-0.4, -0.2) is 11.0 Å². The average Bonchev–Trinajstić information content (AvgIpc) is 2.96. The lowest BCUT2D eigenvalue weighted by Gasteiger charge is -2.44. The largest absolute Gasteiger partial charge is 0.304 e. The first-order chi connectivity index (χ1) is 8.83. The second kappa shape index (κ2) is 4.29. The van der Waals surface area contributed by atoms with Crippen molar-refractivity contribution in [2.45, 2.75) is 66.0 Å². The summed E-state index contributed by atoms with van der Waals surface area (Å²) in [5.74, 6) is 0.903. The first-order valence-electron chi connectivity index (χ1n) is 7.51. The first-order valence-corrected chi connectivity index (χ1v) is 8.33. The van der Waals surface area contributed by atoms with Gasteiger partial charge in [-0.1, -0.05) is 20.8 Å². The molecule has 19 heavy (non-hydrogen) atoms. The van der Waals surface area contributed by atoms with Crippen molar-refractivity contribution in [1.29, 1.82) is 0 Å². The van der Waals surface area contributed by atoms with Crippen LogP contribution in [0.5, 0.6) is 0 Å². The maximum absolute atomic E-state index is 4.55. The van der Waals surface area contributed by atoms with Crippen LogP contribution >= 0.6 is 11.3 Å². The van der Waals surface area contributed by atoms with Gasteiger partial charge in [0.1, 0.15) is 5.01 Å². The van der Waals surface area contributed by atoms with Crippen molar-refractivity contribution in [3.63, 3.8) is 0 Å². The Balaban J connectivity index is 1.79. The minimum absolute atomic E-state index is 0.374. The summed E-state index contributed by atoms with van der Waals surface area (Å²) in [4.78, 5) is 5.85. The molecule has 0 aromatic carbocycles. The van der Waals surface area contributed by atoms with Crippen LogP contribution < -0.4 is 5.32 Å². The number of nitrogens with zero attached hydrogens (tertiary/aromatic N) is 1. The fourth-order valence-electron chi connectivity index (χ4n) is 4.61. The zero-order valence-electron chi connectivity index (χ0n) is 12.8. The summed E-state index contributed by atoms with van der Waals surface area (Å²) in [5, 5.41) is 5.15. The number of fused-ring (bicyclic) bond motifs is 2. The van der Waals surface area contributed by atoms with E-state index in [1.54, 1.807) is 0 Å². The Morgan fingerprint density at radius 3 is 2.68 bits per heavy atom. The predicted molar refractivity (Wildman–Crippen MR) is 81.4 cm³/mol. The van der Waals surface area contributed by atoms with Crippen molar-refractivity contribution < 1.29 is 0 Å². The number of nitrogens with one attached hydrogen (secondary N) is 1. The number of thiazole rings is 1. The van der Waals surface area contributed by atoms with E-state index in [1.165, 1.54) is 29.1 Å². The SMILES string of the molecule is Cc1cnc(C(C)NC2C3(C)CCC(C3)C2(C)C)s1. The Labute approximate surface area is 121 Å². The van der Waals surface area contributed by atoms with Gasteiger partial charge in [0, 0.05) is 17.1 Å². The third-order valence-corrected chi connectivity index (χ3v) is 6.79. The summed E-state index contributed by atoms with van der Waals surface area (Å²) < 4.78 is 0. The van der Waals surface area contributed by atoms with E-state index in [4.69, 9.17) is 0 Å². The second-order valence-electron chi connectivity index (χ2n) is 7.55. The molecule has 2 aliphatic carbocycles. The van der Waals surface area contributed by atoms with E-state index in [0.717, 1.165) is 5.92 Å². The molecule has 2 bridgehead atoms. The fraction of sp³-hybridized carbons (Fsp3) is 0.812. The Morgan fingerprint density at radius 2 is 2.16 bits per heavy atom. The third kappa shape index (κ3) is 2.06. The van der Waals surface area contributed by atoms with Crippen LogP contribution in [0.4, 0.5) is 0 Å². The molecule has 0 radical (unpaired) electrons. The molecule has 2 saturated carbocycles.